The van der Waals surface area contributed by atoms with E-state index in [0.717, 1.165) is 24.4 Å². The van der Waals surface area contributed by atoms with Crippen molar-refractivity contribution in [2.75, 3.05) is 6.54 Å². The SMILES string of the molecule is O=C(O)CCCNC1CCc2cc(Cl)ccc21. The lowest BCUT2D eigenvalue weighted by atomic mass is 10.1. The Bertz CT molecular complexity index is 420. The minimum Gasteiger partial charge on any atom is -0.481 e. The molecule has 0 radical (unpaired) electrons. The van der Waals surface area contributed by atoms with Gasteiger partial charge in [0, 0.05) is 17.5 Å². The van der Waals surface area contributed by atoms with E-state index in [9.17, 15) is 4.79 Å². The van der Waals surface area contributed by atoms with Gasteiger partial charge in [0.25, 0.3) is 0 Å². The van der Waals surface area contributed by atoms with Gasteiger partial charge in [0.2, 0.25) is 0 Å². The number of carbonyl (C=O) groups is 1. The number of carboxylic acid groups (broad SMARTS) is 1. The van der Waals surface area contributed by atoms with E-state index in [2.05, 4.69) is 11.4 Å². The zero-order chi connectivity index (χ0) is 12.3. The van der Waals surface area contributed by atoms with Crippen molar-refractivity contribution in [3.05, 3.63) is 34.3 Å². The molecule has 1 aliphatic carbocycles. The predicted molar refractivity (Wildman–Crippen MR) is 67.4 cm³/mol. The molecule has 17 heavy (non-hydrogen) atoms. The predicted octanol–water partition coefficient (Wildman–Crippen LogP) is 2.78. The molecule has 1 unspecified atom stereocenters. The first-order valence-electron chi connectivity index (χ1n) is 5.90. The summed E-state index contributed by atoms with van der Waals surface area (Å²) in [7, 11) is 0. The minimum atomic E-state index is -0.731. The standard InChI is InChI=1S/C13H16ClNO2/c14-10-4-5-11-9(8-10)3-6-12(11)15-7-1-2-13(16)17/h4-5,8,12,15H,1-3,6-7H2,(H,16,17). The lowest BCUT2D eigenvalue weighted by Crippen LogP contribution is -2.21. The maximum atomic E-state index is 10.4. The Labute approximate surface area is 106 Å². The Morgan fingerprint density at radius 2 is 2.35 bits per heavy atom. The van der Waals surface area contributed by atoms with E-state index < -0.39 is 5.97 Å². The summed E-state index contributed by atoms with van der Waals surface area (Å²) in [6, 6.07) is 6.36. The number of fused-ring (bicyclic) bond motifs is 1. The van der Waals surface area contributed by atoms with Gasteiger partial charge in [-0.2, -0.15) is 0 Å². The molecule has 0 amide bonds. The topological polar surface area (TPSA) is 49.3 Å². The van der Waals surface area contributed by atoms with Gasteiger partial charge in [-0.25, -0.2) is 0 Å². The Balaban J connectivity index is 1.87. The Morgan fingerprint density at radius 1 is 1.53 bits per heavy atom. The van der Waals surface area contributed by atoms with Crippen LogP contribution in [0.3, 0.4) is 0 Å². The maximum absolute atomic E-state index is 10.4. The average Bonchev–Trinajstić information content (AvgIpc) is 2.66. The fourth-order valence-corrected chi connectivity index (χ4v) is 2.51. The lowest BCUT2D eigenvalue weighted by molar-refractivity contribution is -0.137. The second-order valence-electron chi connectivity index (χ2n) is 4.39. The molecule has 1 atom stereocenters. The van der Waals surface area contributed by atoms with Crippen LogP contribution in [0.4, 0.5) is 0 Å². The Morgan fingerprint density at radius 3 is 3.12 bits per heavy atom. The molecular weight excluding hydrogens is 238 g/mol. The number of aliphatic carboxylic acids is 1. The normalized spacial score (nSPS) is 18.1. The second kappa shape index (κ2) is 5.52. The molecule has 0 heterocycles. The summed E-state index contributed by atoms with van der Waals surface area (Å²) in [5, 5.41) is 12.7. The number of benzene rings is 1. The van der Waals surface area contributed by atoms with Gasteiger partial charge in [0.1, 0.15) is 0 Å². The van der Waals surface area contributed by atoms with Crippen LogP contribution in [-0.4, -0.2) is 17.6 Å². The highest BCUT2D eigenvalue weighted by Gasteiger charge is 2.21. The zero-order valence-corrected chi connectivity index (χ0v) is 10.3. The summed E-state index contributed by atoms with van der Waals surface area (Å²) in [6.07, 6.45) is 3.02. The number of aryl methyl sites for hydroxylation is 1. The largest absolute Gasteiger partial charge is 0.481 e. The molecule has 0 fully saturated rings. The molecule has 0 bridgehead atoms. The first kappa shape index (κ1) is 12.4. The van der Waals surface area contributed by atoms with E-state index in [0.29, 0.717) is 12.5 Å². The highest BCUT2D eigenvalue weighted by atomic mass is 35.5. The van der Waals surface area contributed by atoms with Crippen LogP contribution in [-0.2, 0) is 11.2 Å². The third kappa shape index (κ3) is 3.20. The number of rotatable bonds is 5. The molecular formula is C13H16ClNO2. The third-order valence-electron chi connectivity index (χ3n) is 3.14. The van der Waals surface area contributed by atoms with Gasteiger partial charge in [-0.1, -0.05) is 17.7 Å². The fourth-order valence-electron chi connectivity index (χ4n) is 2.31. The van der Waals surface area contributed by atoms with E-state index in [1.165, 1.54) is 11.1 Å². The van der Waals surface area contributed by atoms with Crippen LogP contribution in [0, 0.1) is 0 Å². The molecule has 4 heteroatoms. The van der Waals surface area contributed by atoms with Gasteiger partial charge in [0.05, 0.1) is 0 Å². The van der Waals surface area contributed by atoms with Crippen LogP contribution in [0.25, 0.3) is 0 Å². The summed E-state index contributed by atoms with van der Waals surface area (Å²) in [5.41, 5.74) is 2.62. The molecule has 2 N–H and O–H groups in total. The molecule has 2 rings (SSSR count). The number of carboxylic acids is 1. The van der Waals surface area contributed by atoms with Crippen LogP contribution in [0.5, 0.6) is 0 Å². The third-order valence-corrected chi connectivity index (χ3v) is 3.38. The van der Waals surface area contributed by atoms with Crippen LogP contribution in [0.1, 0.15) is 36.4 Å². The molecule has 0 saturated carbocycles. The van der Waals surface area contributed by atoms with E-state index in [1.807, 2.05) is 12.1 Å². The fraction of sp³-hybridized carbons (Fsp3) is 0.462. The second-order valence-corrected chi connectivity index (χ2v) is 4.82. The first-order valence-corrected chi connectivity index (χ1v) is 6.28. The van der Waals surface area contributed by atoms with Gasteiger partial charge >= 0.3 is 5.97 Å². The molecule has 0 aromatic heterocycles. The van der Waals surface area contributed by atoms with Crippen LogP contribution in [0.15, 0.2) is 18.2 Å². The van der Waals surface area contributed by atoms with Crippen molar-refractivity contribution in [3.63, 3.8) is 0 Å². The van der Waals surface area contributed by atoms with Crippen LogP contribution >= 0.6 is 11.6 Å². The number of nitrogens with one attached hydrogen (secondary N) is 1. The molecule has 1 aliphatic rings. The Hall–Kier alpha value is -1.06. The minimum absolute atomic E-state index is 0.229. The van der Waals surface area contributed by atoms with Crippen molar-refractivity contribution in [1.29, 1.82) is 0 Å². The maximum Gasteiger partial charge on any atom is 0.303 e. The first-order chi connectivity index (χ1) is 8.16. The van der Waals surface area contributed by atoms with Crippen molar-refractivity contribution < 1.29 is 9.90 Å². The number of halogens is 1. The van der Waals surface area contributed by atoms with Gasteiger partial charge in [-0.05, 0) is 49.1 Å². The molecule has 0 aliphatic heterocycles. The van der Waals surface area contributed by atoms with Crippen molar-refractivity contribution in [2.24, 2.45) is 0 Å². The van der Waals surface area contributed by atoms with Crippen molar-refractivity contribution in [1.82, 2.24) is 5.32 Å². The summed E-state index contributed by atoms with van der Waals surface area (Å²) in [6.45, 7) is 0.749. The lowest BCUT2D eigenvalue weighted by Gasteiger charge is -2.13. The average molecular weight is 254 g/mol. The van der Waals surface area contributed by atoms with E-state index in [1.54, 1.807) is 0 Å². The number of hydrogen-bond acceptors (Lipinski definition) is 2. The highest BCUT2D eigenvalue weighted by molar-refractivity contribution is 6.30. The molecule has 92 valence electrons. The van der Waals surface area contributed by atoms with Gasteiger partial charge in [-0.15, -0.1) is 0 Å². The van der Waals surface area contributed by atoms with Crippen molar-refractivity contribution in [2.45, 2.75) is 31.7 Å². The van der Waals surface area contributed by atoms with Gasteiger partial charge in [0.15, 0.2) is 0 Å². The van der Waals surface area contributed by atoms with Crippen LogP contribution < -0.4 is 5.32 Å². The Kier molecular flexibility index (Phi) is 4.02. The van der Waals surface area contributed by atoms with Crippen molar-refractivity contribution in [3.8, 4) is 0 Å². The molecule has 1 aromatic carbocycles. The monoisotopic (exact) mass is 253 g/mol. The molecule has 0 saturated heterocycles. The molecule has 3 nitrogen and oxygen atoms in total. The highest BCUT2D eigenvalue weighted by Crippen LogP contribution is 2.32. The zero-order valence-electron chi connectivity index (χ0n) is 9.58. The van der Waals surface area contributed by atoms with E-state index in [4.69, 9.17) is 16.7 Å². The van der Waals surface area contributed by atoms with E-state index in [-0.39, 0.29) is 6.42 Å². The van der Waals surface area contributed by atoms with Gasteiger partial charge < -0.3 is 10.4 Å². The van der Waals surface area contributed by atoms with E-state index >= 15 is 0 Å². The smallest absolute Gasteiger partial charge is 0.303 e. The summed E-state index contributed by atoms with van der Waals surface area (Å²) < 4.78 is 0. The molecule has 1 aromatic rings. The summed E-state index contributed by atoms with van der Waals surface area (Å²) >= 11 is 5.95. The van der Waals surface area contributed by atoms with Crippen LogP contribution in [0.2, 0.25) is 5.02 Å². The summed E-state index contributed by atoms with van der Waals surface area (Å²) in [4.78, 5) is 10.4. The summed E-state index contributed by atoms with van der Waals surface area (Å²) in [5.74, 6) is -0.731. The van der Waals surface area contributed by atoms with Gasteiger partial charge in [-0.3, -0.25) is 4.79 Å². The quantitative estimate of drug-likeness (QED) is 0.794. The molecule has 0 spiro atoms. The number of hydrogen-bond donors (Lipinski definition) is 2. The van der Waals surface area contributed by atoms with Crippen molar-refractivity contribution >= 4 is 17.6 Å².